The van der Waals surface area contributed by atoms with Crippen molar-refractivity contribution in [3.05, 3.63) is 33.6 Å². The van der Waals surface area contributed by atoms with Crippen molar-refractivity contribution in [1.82, 2.24) is 4.98 Å². The number of rotatable bonds is 2. The van der Waals surface area contributed by atoms with E-state index < -0.39 is 5.41 Å². The number of carbonyl (C=O) groups excluding carboxylic acids is 1. The first-order valence-electron chi connectivity index (χ1n) is 6.00. The predicted octanol–water partition coefficient (Wildman–Crippen LogP) is 5.10. The van der Waals surface area contributed by atoms with Crippen LogP contribution in [0, 0.1) is 5.41 Å². The van der Waals surface area contributed by atoms with Crippen LogP contribution in [0.4, 0.5) is 5.13 Å². The molecule has 2 aromatic rings. The van der Waals surface area contributed by atoms with Crippen LogP contribution >= 0.6 is 34.5 Å². The van der Waals surface area contributed by atoms with E-state index in [0.29, 0.717) is 20.9 Å². The molecule has 0 atom stereocenters. The second-order valence-corrected chi connectivity index (χ2v) is 7.07. The summed E-state index contributed by atoms with van der Waals surface area (Å²) in [7, 11) is 0. The summed E-state index contributed by atoms with van der Waals surface area (Å²) in [6.07, 6.45) is 0. The number of hydrogen-bond acceptors (Lipinski definition) is 3. The highest BCUT2D eigenvalue weighted by Crippen LogP contribution is 2.33. The molecule has 20 heavy (non-hydrogen) atoms. The van der Waals surface area contributed by atoms with Crippen molar-refractivity contribution in [2.45, 2.75) is 20.8 Å². The molecule has 0 aliphatic heterocycles. The van der Waals surface area contributed by atoms with Crippen molar-refractivity contribution in [3.63, 3.8) is 0 Å². The molecule has 0 aliphatic rings. The first-order valence-corrected chi connectivity index (χ1v) is 7.63. The molecule has 3 nitrogen and oxygen atoms in total. The van der Waals surface area contributed by atoms with E-state index in [9.17, 15) is 4.79 Å². The van der Waals surface area contributed by atoms with Gasteiger partial charge in [0.25, 0.3) is 0 Å². The predicted molar refractivity (Wildman–Crippen MR) is 85.7 cm³/mol. The average molecular weight is 329 g/mol. The Hall–Kier alpha value is -1.10. The molecule has 106 valence electrons. The Morgan fingerprint density at radius 3 is 2.65 bits per heavy atom. The molecule has 2 rings (SSSR count). The third kappa shape index (κ3) is 3.51. The molecular formula is C14H14Cl2N2OS. The van der Waals surface area contributed by atoms with E-state index in [1.165, 1.54) is 11.3 Å². The Morgan fingerprint density at radius 1 is 1.30 bits per heavy atom. The molecular weight excluding hydrogens is 315 g/mol. The van der Waals surface area contributed by atoms with E-state index in [1.807, 2.05) is 26.2 Å². The largest absolute Gasteiger partial charge is 0.302 e. The van der Waals surface area contributed by atoms with E-state index in [1.54, 1.807) is 18.2 Å². The fourth-order valence-electron chi connectivity index (χ4n) is 1.43. The van der Waals surface area contributed by atoms with Gasteiger partial charge in [-0.2, -0.15) is 0 Å². The van der Waals surface area contributed by atoms with Crippen LogP contribution in [0.3, 0.4) is 0 Å². The number of benzene rings is 1. The molecule has 1 N–H and O–H groups in total. The smallest absolute Gasteiger partial charge is 0.231 e. The maximum Gasteiger partial charge on any atom is 0.231 e. The third-order valence-corrected chi connectivity index (χ3v) is 3.93. The molecule has 6 heteroatoms. The molecule has 0 radical (unpaired) electrons. The van der Waals surface area contributed by atoms with E-state index in [4.69, 9.17) is 23.2 Å². The molecule has 1 aromatic heterocycles. The Morgan fingerprint density at radius 2 is 2.00 bits per heavy atom. The van der Waals surface area contributed by atoms with Gasteiger partial charge in [-0.1, -0.05) is 44.0 Å². The van der Waals surface area contributed by atoms with Crippen molar-refractivity contribution in [2.75, 3.05) is 5.32 Å². The van der Waals surface area contributed by atoms with Crippen molar-refractivity contribution in [1.29, 1.82) is 0 Å². The lowest BCUT2D eigenvalue weighted by Gasteiger charge is -2.15. The van der Waals surface area contributed by atoms with Gasteiger partial charge in [0.05, 0.1) is 10.7 Å². The maximum atomic E-state index is 11.9. The lowest BCUT2D eigenvalue weighted by atomic mass is 9.96. The molecule has 1 aromatic carbocycles. The fourth-order valence-corrected chi connectivity index (χ4v) is 2.53. The summed E-state index contributed by atoms with van der Waals surface area (Å²) in [4.78, 5) is 16.3. The van der Waals surface area contributed by atoms with Crippen LogP contribution < -0.4 is 5.32 Å². The van der Waals surface area contributed by atoms with Crippen molar-refractivity contribution in [2.24, 2.45) is 5.41 Å². The number of nitrogens with zero attached hydrogens (tertiary/aromatic N) is 1. The standard InChI is InChI=1S/C14H14Cl2N2OS/c1-14(2,3)12(19)18-13-17-11(7-20-13)9-6-8(15)4-5-10(9)16/h4-7H,1-3H3,(H,17,18,19). The van der Waals surface area contributed by atoms with Crippen molar-refractivity contribution < 1.29 is 4.79 Å². The molecule has 0 aliphatic carbocycles. The summed E-state index contributed by atoms with van der Waals surface area (Å²) in [5.74, 6) is -0.0735. The summed E-state index contributed by atoms with van der Waals surface area (Å²) < 4.78 is 0. The van der Waals surface area contributed by atoms with Gasteiger partial charge in [0.15, 0.2) is 5.13 Å². The molecule has 0 saturated carbocycles. The van der Waals surface area contributed by atoms with Crippen LogP contribution in [0.25, 0.3) is 11.3 Å². The number of amides is 1. The van der Waals surface area contributed by atoms with Crippen LogP contribution in [-0.4, -0.2) is 10.9 Å². The molecule has 0 spiro atoms. The quantitative estimate of drug-likeness (QED) is 0.833. The molecule has 0 saturated heterocycles. The number of carbonyl (C=O) groups is 1. The summed E-state index contributed by atoms with van der Waals surface area (Å²) in [5.41, 5.74) is 0.998. The van der Waals surface area contributed by atoms with E-state index >= 15 is 0 Å². The van der Waals surface area contributed by atoms with Gasteiger partial charge in [-0.05, 0) is 18.2 Å². The summed E-state index contributed by atoms with van der Waals surface area (Å²) in [6, 6.07) is 5.21. The highest BCUT2D eigenvalue weighted by Gasteiger charge is 2.22. The Kier molecular flexibility index (Phi) is 4.37. The van der Waals surface area contributed by atoms with Gasteiger partial charge in [-0.15, -0.1) is 11.3 Å². The van der Waals surface area contributed by atoms with Gasteiger partial charge in [0.1, 0.15) is 0 Å². The minimum Gasteiger partial charge on any atom is -0.302 e. The Bertz CT molecular complexity index is 647. The number of anilines is 1. The van der Waals surface area contributed by atoms with E-state index in [0.717, 1.165) is 5.56 Å². The highest BCUT2D eigenvalue weighted by atomic mass is 35.5. The number of aromatic nitrogens is 1. The van der Waals surface area contributed by atoms with Crippen LogP contribution in [-0.2, 0) is 4.79 Å². The lowest BCUT2D eigenvalue weighted by molar-refractivity contribution is -0.123. The zero-order valence-corrected chi connectivity index (χ0v) is 13.7. The monoisotopic (exact) mass is 328 g/mol. The summed E-state index contributed by atoms with van der Waals surface area (Å²) in [5, 5.41) is 6.37. The number of hydrogen-bond donors (Lipinski definition) is 1. The van der Waals surface area contributed by atoms with Crippen LogP contribution in [0.5, 0.6) is 0 Å². The number of nitrogens with one attached hydrogen (secondary N) is 1. The molecule has 0 bridgehead atoms. The minimum absolute atomic E-state index is 0.0735. The van der Waals surface area contributed by atoms with E-state index in [2.05, 4.69) is 10.3 Å². The van der Waals surface area contributed by atoms with Gasteiger partial charge in [-0.25, -0.2) is 4.98 Å². The van der Waals surface area contributed by atoms with Gasteiger partial charge in [0, 0.05) is 21.4 Å². The summed E-state index contributed by atoms with van der Waals surface area (Å²) >= 11 is 13.5. The number of thiazole rings is 1. The third-order valence-electron chi connectivity index (χ3n) is 2.61. The zero-order valence-electron chi connectivity index (χ0n) is 11.3. The van der Waals surface area contributed by atoms with Crippen LogP contribution in [0.15, 0.2) is 23.6 Å². The Labute approximate surface area is 131 Å². The fraction of sp³-hybridized carbons (Fsp3) is 0.286. The highest BCUT2D eigenvalue weighted by molar-refractivity contribution is 7.14. The first kappa shape index (κ1) is 15.3. The van der Waals surface area contributed by atoms with Gasteiger partial charge >= 0.3 is 0 Å². The normalized spacial score (nSPS) is 11.4. The molecule has 1 amide bonds. The SMILES string of the molecule is CC(C)(C)C(=O)Nc1nc(-c2cc(Cl)ccc2Cl)cs1. The number of halogens is 2. The van der Waals surface area contributed by atoms with Gasteiger partial charge in [-0.3, -0.25) is 4.79 Å². The van der Waals surface area contributed by atoms with Crippen LogP contribution in [0.1, 0.15) is 20.8 Å². The first-order chi connectivity index (χ1) is 9.27. The van der Waals surface area contributed by atoms with E-state index in [-0.39, 0.29) is 5.91 Å². The second-order valence-electron chi connectivity index (χ2n) is 5.37. The van der Waals surface area contributed by atoms with Crippen molar-refractivity contribution >= 4 is 45.6 Å². The minimum atomic E-state index is -0.459. The van der Waals surface area contributed by atoms with Crippen molar-refractivity contribution in [3.8, 4) is 11.3 Å². The van der Waals surface area contributed by atoms with Crippen LogP contribution in [0.2, 0.25) is 10.0 Å². The molecule has 0 fully saturated rings. The molecule has 0 unspecified atom stereocenters. The summed E-state index contributed by atoms with van der Waals surface area (Å²) in [6.45, 7) is 5.56. The second kappa shape index (κ2) is 5.72. The Balaban J connectivity index is 2.25. The topological polar surface area (TPSA) is 42.0 Å². The lowest BCUT2D eigenvalue weighted by Crippen LogP contribution is -2.27. The zero-order chi connectivity index (χ0) is 14.9. The molecule has 1 heterocycles. The van der Waals surface area contributed by atoms with Gasteiger partial charge < -0.3 is 5.32 Å². The average Bonchev–Trinajstić information content (AvgIpc) is 2.79. The maximum absolute atomic E-state index is 11.9. The van der Waals surface area contributed by atoms with Gasteiger partial charge in [0.2, 0.25) is 5.91 Å².